The normalized spacial score (nSPS) is 13.0. The maximum absolute atomic E-state index is 12.8. The first-order valence-corrected chi connectivity index (χ1v) is 12.5. The number of carboxylic acids is 1. The number of aromatic nitrogens is 2. The van der Waals surface area contributed by atoms with Gasteiger partial charge in [0.25, 0.3) is 5.91 Å². The molecule has 0 radical (unpaired) electrons. The minimum Gasteiger partial charge on any atom is -0.480 e. The molecule has 35 heavy (non-hydrogen) atoms. The predicted octanol–water partition coefficient (Wildman–Crippen LogP) is 3.72. The van der Waals surface area contributed by atoms with Gasteiger partial charge in [-0.2, -0.15) is 16.9 Å². The maximum atomic E-state index is 12.8. The fourth-order valence-corrected chi connectivity index (χ4v) is 4.68. The molecule has 0 saturated carbocycles. The Bertz CT molecular complexity index is 1210. The van der Waals surface area contributed by atoms with Gasteiger partial charge in [-0.3, -0.25) is 14.8 Å². The molecule has 1 aliphatic carbocycles. The van der Waals surface area contributed by atoms with Crippen LogP contribution in [0, 0.1) is 0 Å². The molecule has 1 aromatic heterocycles. The molecule has 9 nitrogen and oxygen atoms in total. The predicted molar refractivity (Wildman–Crippen MR) is 134 cm³/mol. The molecular weight excluding hydrogens is 468 g/mol. The van der Waals surface area contributed by atoms with Crippen LogP contribution in [0.15, 0.2) is 54.7 Å². The van der Waals surface area contributed by atoms with Crippen LogP contribution in [0.5, 0.6) is 0 Å². The first-order chi connectivity index (χ1) is 16.9. The van der Waals surface area contributed by atoms with Crippen molar-refractivity contribution in [2.24, 2.45) is 7.05 Å². The Balaban J connectivity index is 1.43. The van der Waals surface area contributed by atoms with Gasteiger partial charge in [0.05, 0.1) is 0 Å². The van der Waals surface area contributed by atoms with Crippen LogP contribution in [0.4, 0.5) is 10.6 Å². The standard InChI is InChI=1S/C25H26N4O5S/c1-29-13-19(23(30)26-21(24(31)32)11-12-35-2)22(28-29)27-25(33)34-14-20-17-9-5-3-7-15(17)16-8-4-6-10-18(16)20/h3-10,13,20-21H,11-12,14H2,1-2H3,(H,26,30)(H,31,32)(H,27,28,33)/t21-/m0/s1. The molecule has 1 heterocycles. The van der Waals surface area contributed by atoms with Gasteiger partial charge in [-0.05, 0) is 40.7 Å². The zero-order valence-electron chi connectivity index (χ0n) is 19.4. The highest BCUT2D eigenvalue weighted by Gasteiger charge is 2.29. The molecular formula is C25H26N4O5S. The Morgan fingerprint density at radius 2 is 1.74 bits per heavy atom. The lowest BCUT2D eigenvalue weighted by atomic mass is 9.98. The summed E-state index contributed by atoms with van der Waals surface area (Å²) in [6.45, 7) is 0.115. The second-order valence-corrected chi connectivity index (χ2v) is 9.15. The topological polar surface area (TPSA) is 123 Å². The van der Waals surface area contributed by atoms with Crippen LogP contribution in [-0.4, -0.2) is 57.5 Å². The minimum atomic E-state index is -1.12. The monoisotopic (exact) mass is 494 g/mol. The summed E-state index contributed by atoms with van der Waals surface area (Å²) < 4.78 is 6.90. The van der Waals surface area contributed by atoms with E-state index in [4.69, 9.17) is 4.74 Å². The van der Waals surface area contributed by atoms with Crippen molar-refractivity contribution in [2.45, 2.75) is 18.4 Å². The van der Waals surface area contributed by atoms with E-state index in [-0.39, 0.29) is 30.3 Å². The number of benzene rings is 2. The fourth-order valence-electron chi connectivity index (χ4n) is 4.21. The second kappa shape index (κ2) is 10.6. The van der Waals surface area contributed by atoms with Crippen molar-refractivity contribution >= 4 is 35.5 Å². The number of thioether (sulfide) groups is 1. The zero-order chi connectivity index (χ0) is 24.9. The molecule has 182 valence electrons. The number of rotatable bonds is 9. The maximum Gasteiger partial charge on any atom is 0.412 e. The van der Waals surface area contributed by atoms with Crippen LogP contribution in [0.3, 0.4) is 0 Å². The number of fused-ring (bicyclic) bond motifs is 3. The molecule has 0 aliphatic heterocycles. The first kappa shape index (κ1) is 24.3. The van der Waals surface area contributed by atoms with Gasteiger partial charge in [-0.25, -0.2) is 9.59 Å². The van der Waals surface area contributed by atoms with E-state index < -0.39 is 24.0 Å². The van der Waals surface area contributed by atoms with Crippen LogP contribution in [-0.2, 0) is 16.6 Å². The summed E-state index contributed by atoms with van der Waals surface area (Å²) in [5.41, 5.74) is 4.47. The van der Waals surface area contributed by atoms with E-state index in [0.717, 1.165) is 22.3 Å². The number of ether oxygens (including phenoxy) is 1. The molecule has 0 spiro atoms. The Kier molecular flexibility index (Phi) is 7.40. The number of aliphatic carboxylic acids is 1. The summed E-state index contributed by atoms with van der Waals surface area (Å²) >= 11 is 1.49. The molecule has 2 aromatic carbocycles. The lowest BCUT2D eigenvalue weighted by Crippen LogP contribution is -2.41. The number of nitrogens with one attached hydrogen (secondary N) is 2. The summed E-state index contributed by atoms with van der Waals surface area (Å²) in [5, 5.41) is 18.5. The summed E-state index contributed by atoms with van der Waals surface area (Å²) in [6.07, 6.45) is 2.80. The quantitative estimate of drug-likeness (QED) is 0.414. The van der Waals surface area contributed by atoms with Crippen LogP contribution in [0.25, 0.3) is 11.1 Å². The minimum absolute atomic E-state index is 0.00349. The third kappa shape index (κ3) is 5.32. The average molecular weight is 495 g/mol. The van der Waals surface area contributed by atoms with Crippen LogP contribution in [0.2, 0.25) is 0 Å². The van der Waals surface area contributed by atoms with Gasteiger partial charge in [0.1, 0.15) is 18.2 Å². The number of nitrogens with zero attached hydrogens (tertiary/aromatic N) is 2. The third-order valence-electron chi connectivity index (χ3n) is 5.85. The van der Waals surface area contributed by atoms with Crippen molar-refractivity contribution in [1.82, 2.24) is 15.1 Å². The van der Waals surface area contributed by atoms with Crippen molar-refractivity contribution < 1.29 is 24.2 Å². The molecule has 2 amide bonds. The number of hydrogen-bond donors (Lipinski definition) is 3. The summed E-state index contributed by atoms with van der Waals surface area (Å²) in [5.74, 6) is -1.29. The van der Waals surface area contributed by atoms with Gasteiger partial charge < -0.3 is 15.2 Å². The van der Waals surface area contributed by atoms with Crippen molar-refractivity contribution in [1.29, 1.82) is 0 Å². The second-order valence-electron chi connectivity index (χ2n) is 8.16. The highest BCUT2D eigenvalue weighted by Crippen LogP contribution is 2.44. The van der Waals surface area contributed by atoms with Crippen LogP contribution in [0.1, 0.15) is 33.8 Å². The van der Waals surface area contributed by atoms with Crippen LogP contribution < -0.4 is 10.6 Å². The average Bonchev–Trinajstić information content (AvgIpc) is 3.37. The third-order valence-corrected chi connectivity index (χ3v) is 6.50. The Labute approximate surface area is 206 Å². The highest BCUT2D eigenvalue weighted by atomic mass is 32.2. The molecule has 1 aliphatic rings. The van der Waals surface area contributed by atoms with Gasteiger partial charge in [0.2, 0.25) is 0 Å². The lowest BCUT2D eigenvalue weighted by Gasteiger charge is -2.15. The molecule has 3 N–H and O–H groups in total. The van der Waals surface area contributed by atoms with E-state index in [9.17, 15) is 19.5 Å². The van der Waals surface area contributed by atoms with E-state index in [1.807, 2.05) is 42.7 Å². The molecule has 10 heteroatoms. The van der Waals surface area contributed by atoms with Crippen molar-refractivity contribution in [3.8, 4) is 11.1 Å². The highest BCUT2D eigenvalue weighted by molar-refractivity contribution is 7.98. The van der Waals surface area contributed by atoms with Crippen LogP contribution >= 0.6 is 11.8 Å². The lowest BCUT2D eigenvalue weighted by molar-refractivity contribution is -0.139. The van der Waals surface area contributed by atoms with Crippen molar-refractivity contribution in [3.05, 3.63) is 71.4 Å². The van der Waals surface area contributed by atoms with E-state index in [1.165, 1.54) is 22.6 Å². The zero-order valence-corrected chi connectivity index (χ0v) is 20.2. The van der Waals surface area contributed by atoms with Gasteiger partial charge >= 0.3 is 12.1 Å². The summed E-state index contributed by atoms with van der Waals surface area (Å²) in [6, 6.07) is 15.0. The summed E-state index contributed by atoms with van der Waals surface area (Å²) in [7, 11) is 1.60. The van der Waals surface area contributed by atoms with Gasteiger partial charge in [0, 0.05) is 19.2 Å². The van der Waals surface area contributed by atoms with Gasteiger partial charge in [0.15, 0.2) is 5.82 Å². The number of carboxylic acid groups (broad SMARTS) is 1. The van der Waals surface area contributed by atoms with Crippen molar-refractivity contribution in [3.63, 3.8) is 0 Å². The number of aryl methyl sites for hydroxylation is 1. The number of anilines is 1. The van der Waals surface area contributed by atoms with E-state index >= 15 is 0 Å². The molecule has 1 atom stereocenters. The fraction of sp³-hybridized carbons (Fsp3) is 0.280. The molecule has 0 fully saturated rings. The number of carbonyl (C=O) groups excluding carboxylic acids is 2. The van der Waals surface area contributed by atoms with E-state index in [0.29, 0.717) is 5.75 Å². The van der Waals surface area contributed by atoms with E-state index in [1.54, 1.807) is 7.05 Å². The molecule has 0 unspecified atom stereocenters. The molecule has 0 bridgehead atoms. The van der Waals surface area contributed by atoms with E-state index in [2.05, 4.69) is 27.9 Å². The number of hydrogen-bond acceptors (Lipinski definition) is 6. The smallest absolute Gasteiger partial charge is 0.412 e. The Morgan fingerprint density at radius 3 is 2.34 bits per heavy atom. The molecule has 4 rings (SSSR count). The van der Waals surface area contributed by atoms with Crippen molar-refractivity contribution in [2.75, 3.05) is 23.9 Å². The van der Waals surface area contributed by atoms with Gasteiger partial charge in [-0.1, -0.05) is 48.5 Å². The SMILES string of the molecule is CSCC[C@H](NC(=O)c1cn(C)nc1NC(=O)OCC1c2ccccc2-c2ccccc21)C(=O)O. The first-order valence-electron chi connectivity index (χ1n) is 11.1. The molecule has 0 saturated heterocycles. The number of carbonyl (C=O) groups is 3. The molecule has 3 aromatic rings. The summed E-state index contributed by atoms with van der Waals surface area (Å²) in [4.78, 5) is 36.9. The largest absolute Gasteiger partial charge is 0.480 e. The Morgan fingerprint density at radius 1 is 1.11 bits per heavy atom. The van der Waals surface area contributed by atoms with Gasteiger partial charge in [-0.15, -0.1) is 0 Å². The number of amides is 2. The Hall–Kier alpha value is -3.79.